The summed E-state index contributed by atoms with van der Waals surface area (Å²) in [6.07, 6.45) is -0.833. The number of nitriles is 1. The van der Waals surface area contributed by atoms with Crippen LogP contribution in [0.4, 0.5) is 13.2 Å². The molecular weight excluding hydrogens is 507 g/mol. The average molecular weight is 540 g/mol. The molecule has 1 aliphatic rings. The Kier molecular flexibility index (Phi) is 7.75. The molecule has 39 heavy (non-hydrogen) atoms. The van der Waals surface area contributed by atoms with E-state index in [0.29, 0.717) is 36.3 Å². The lowest BCUT2D eigenvalue weighted by Gasteiger charge is -2.35. The van der Waals surface area contributed by atoms with Crippen LogP contribution in [0.15, 0.2) is 55.0 Å². The molecule has 1 amide bonds. The molecule has 0 unspecified atom stereocenters. The van der Waals surface area contributed by atoms with Crippen molar-refractivity contribution in [3.05, 3.63) is 77.4 Å². The van der Waals surface area contributed by atoms with Gasteiger partial charge in [0.15, 0.2) is 0 Å². The molecule has 0 radical (unpaired) electrons. The number of ether oxygens (including phenoxy) is 1. The predicted octanol–water partition coefficient (Wildman–Crippen LogP) is 5.53. The molecule has 2 heterocycles. The van der Waals surface area contributed by atoms with Crippen LogP contribution in [0.3, 0.4) is 0 Å². The lowest BCUT2D eigenvalue weighted by Crippen LogP contribution is -2.44. The van der Waals surface area contributed by atoms with Crippen LogP contribution in [0.2, 0.25) is 0 Å². The molecule has 206 valence electrons. The second kappa shape index (κ2) is 10.7. The first-order chi connectivity index (χ1) is 18.4. The van der Waals surface area contributed by atoms with Crippen molar-refractivity contribution in [3.8, 4) is 17.6 Å². The first kappa shape index (κ1) is 28.2. The molecule has 0 spiro atoms. The Balaban J connectivity index is 1.73. The molecule has 0 saturated carbocycles. The van der Waals surface area contributed by atoms with E-state index in [-0.39, 0.29) is 23.6 Å². The number of imidazole rings is 1. The van der Waals surface area contributed by atoms with Gasteiger partial charge in [0.2, 0.25) is 5.91 Å². The highest BCUT2D eigenvalue weighted by molar-refractivity contribution is 5.88. The van der Waals surface area contributed by atoms with Crippen LogP contribution in [0.25, 0.3) is 0 Å². The maximum Gasteiger partial charge on any atom is 0.389 e. The maximum absolute atomic E-state index is 13.5. The normalized spacial score (nSPS) is 19.7. The van der Waals surface area contributed by atoms with E-state index in [2.05, 4.69) is 11.1 Å². The third-order valence-corrected chi connectivity index (χ3v) is 7.60. The number of halogens is 3. The van der Waals surface area contributed by atoms with Gasteiger partial charge in [0, 0.05) is 27.1 Å². The van der Waals surface area contributed by atoms with Gasteiger partial charge in [0.05, 0.1) is 34.7 Å². The van der Waals surface area contributed by atoms with Crippen LogP contribution in [0, 0.1) is 11.3 Å². The highest BCUT2D eigenvalue weighted by atomic mass is 19.4. The van der Waals surface area contributed by atoms with Crippen molar-refractivity contribution >= 4 is 5.91 Å². The molecule has 2 N–H and O–H groups in total. The second-order valence-electron chi connectivity index (χ2n) is 10.4. The number of rotatable bonds is 7. The lowest BCUT2D eigenvalue weighted by molar-refractivity contribution is -0.146. The van der Waals surface area contributed by atoms with Gasteiger partial charge in [0.1, 0.15) is 17.6 Å². The summed E-state index contributed by atoms with van der Waals surface area (Å²) in [5, 5.41) is 9.73. The van der Waals surface area contributed by atoms with Gasteiger partial charge < -0.3 is 19.9 Å². The Labute approximate surface area is 226 Å². The fourth-order valence-electron chi connectivity index (χ4n) is 5.36. The quantitative estimate of drug-likeness (QED) is 0.426. The summed E-state index contributed by atoms with van der Waals surface area (Å²) in [6.45, 7) is 2.32. The number of likely N-dealkylation sites (N-methyl/N-ethyl adjacent to an activating group) is 1. The molecule has 3 aromatic rings. The topological polar surface area (TPSA) is 97.2 Å². The zero-order chi connectivity index (χ0) is 28.4. The molecule has 10 heteroatoms. The summed E-state index contributed by atoms with van der Waals surface area (Å²) in [5.41, 5.74) is 6.57. The van der Waals surface area contributed by atoms with Gasteiger partial charge in [0.25, 0.3) is 0 Å². The number of amides is 1. The van der Waals surface area contributed by atoms with E-state index >= 15 is 0 Å². The number of likely N-dealkylation sites (tertiary alicyclic amines) is 1. The van der Waals surface area contributed by atoms with Crippen LogP contribution in [-0.2, 0) is 22.8 Å². The molecule has 1 aliphatic heterocycles. The van der Waals surface area contributed by atoms with E-state index in [0.717, 1.165) is 12.1 Å². The number of hydrogen-bond donors (Lipinski definition) is 1. The standard InChI is InChI=1S/C29H32F3N5O2/c1-27(34,25-18-35-19-37(25)3)21-10-9-20(17-33)24(16-21)39-23-8-6-7-22(15-23)28(12-13-29(30,31)32)11-4-5-14-36(2)26(28)38/h6-10,15-16,18-19H,4-5,11-14,34H2,1-3H3/t27-,28-/m0/s1. The number of aryl methyl sites for hydroxylation is 1. The van der Waals surface area contributed by atoms with Crippen LogP contribution in [0.5, 0.6) is 11.5 Å². The number of nitrogens with zero attached hydrogens (tertiary/aromatic N) is 4. The van der Waals surface area contributed by atoms with Crippen LogP contribution in [-0.4, -0.2) is 40.1 Å². The Morgan fingerprint density at radius 2 is 1.95 bits per heavy atom. The highest BCUT2D eigenvalue weighted by Gasteiger charge is 2.45. The lowest BCUT2D eigenvalue weighted by atomic mass is 9.72. The van der Waals surface area contributed by atoms with Gasteiger partial charge in [-0.3, -0.25) is 4.79 Å². The molecule has 2 aromatic carbocycles. The van der Waals surface area contributed by atoms with Gasteiger partial charge in [-0.25, -0.2) is 4.98 Å². The number of hydrogen-bond acceptors (Lipinski definition) is 5. The Morgan fingerprint density at radius 3 is 2.62 bits per heavy atom. The van der Waals surface area contributed by atoms with Crippen molar-refractivity contribution in [2.75, 3.05) is 13.6 Å². The third kappa shape index (κ3) is 5.78. The molecule has 4 rings (SSSR count). The van der Waals surface area contributed by atoms with Crippen molar-refractivity contribution in [1.29, 1.82) is 5.26 Å². The SMILES string of the molecule is CN1CCCC[C@](CCC(F)(F)F)(c2cccc(Oc3cc([C@](C)(N)c4cncn4C)ccc3C#N)c2)C1=O. The summed E-state index contributed by atoms with van der Waals surface area (Å²) < 4.78 is 48.0. The minimum atomic E-state index is -4.39. The van der Waals surface area contributed by atoms with Crippen molar-refractivity contribution in [2.24, 2.45) is 12.8 Å². The number of carbonyl (C=O) groups is 1. The first-order valence-corrected chi connectivity index (χ1v) is 12.8. The van der Waals surface area contributed by atoms with Crippen molar-refractivity contribution in [1.82, 2.24) is 14.5 Å². The summed E-state index contributed by atoms with van der Waals surface area (Å²) in [4.78, 5) is 19.2. The molecule has 1 saturated heterocycles. The van der Waals surface area contributed by atoms with Crippen LogP contribution in [0.1, 0.15) is 61.4 Å². The number of aromatic nitrogens is 2. The first-order valence-electron chi connectivity index (χ1n) is 12.8. The highest BCUT2D eigenvalue weighted by Crippen LogP contribution is 2.43. The zero-order valence-corrected chi connectivity index (χ0v) is 22.3. The molecule has 7 nitrogen and oxygen atoms in total. The monoisotopic (exact) mass is 539 g/mol. The number of benzene rings is 2. The number of carbonyl (C=O) groups excluding carboxylic acids is 1. The van der Waals surface area contributed by atoms with Gasteiger partial charge in [-0.1, -0.05) is 24.6 Å². The summed E-state index contributed by atoms with van der Waals surface area (Å²) in [5.74, 6) is 0.238. The van der Waals surface area contributed by atoms with E-state index in [1.807, 2.05) is 18.5 Å². The minimum Gasteiger partial charge on any atom is -0.456 e. The van der Waals surface area contributed by atoms with Gasteiger partial charge in [-0.2, -0.15) is 18.4 Å². The molecule has 0 bridgehead atoms. The van der Waals surface area contributed by atoms with E-state index in [4.69, 9.17) is 10.5 Å². The van der Waals surface area contributed by atoms with Gasteiger partial charge in [-0.15, -0.1) is 0 Å². The number of alkyl halides is 3. The van der Waals surface area contributed by atoms with Crippen LogP contribution >= 0.6 is 0 Å². The molecule has 0 aliphatic carbocycles. The maximum atomic E-state index is 13.5. The molecular formula is C29H32F3N5O2. The van der Waals surface area contributed by atoms with Crippen molar-refractivity contribution < 1.29 is 22.7 Å². The third-order valence-electron chi connectivity index (χ3n) is 7.60. The van der Waals surface area contributed by atoms with Crippen molar-refractivity contribution in [3.63, 3.8) is 0 Å². The molecule has 1 aromatic heterocycles. The summed E-state index contributed by atoms with van der Waals surface area (Å²) in [7, 11) is 3.47. The second-order valence-corrected chi connectivity index (χ2v) is 10.4. The van der Waals surface area contributed by atoms with Gasteiger partial charge >= 0.3 is 6.18 Å². The van der Waals surface area contributed by atoms with E-state index < -0.39 is 23.6 Å². The number of nitrogens with two attached hydrogens (primary N) is 1. The summed E-state index contributed by atoms with van der Waals surface area (Å²) in [6, 6.07) is 13.8. The minimum absolute atomic E-state index is 0.250. The molecule has 2 atom stereocenters. The fourth-order valence-corrected chi connectivity index (χ4v) is 5.36. The fraction of sp³-hybridized carbons (Fsp3) is 0.414. The summed E-state index contributed by atoms with van der Waals surface area (Å²) >= 11 is 0. The van der Waals surface area contributed by atoms with E-state index in [1.165, 1.54) is 4.90 Å². The van der Waals surface area contributed by atoms with Gasteiger partial charge in [-0.05, 0) is 61.6 Å². The Morgan fingerprint density at radius 1 is 1.18 bits per heavy atom. The van der Waals surface area contributed by atoms with Crippen molar-refractivity contribution in [2.45, 2.75) is 56.2 Å². The molecule has 1 fully saturated rings. The zero-order valence-electron chi connectivity index (χ0n) is 22.3. The average Bonchev–Trinajstić information content (AvgIpc) is 3.28. The van der Waals surface area contributed by atoms with E-state index in [1.54, 1.807) is 62.0 Å². The predicted molar refractivity (Wildman–Crippen MR) is 140 cm³/mol. The van der Waals surface area contributed by atoms with Crippen LogP contribution < -0.4 is 10.5 Å². The smallest absolute Gasteiger partial charge is 0.389 e. The Bertz CT molecular complexity index is 1390. The largest absolute Gasteiger partial charge is 0.456 e. The Hall–Kier alpha value is -3.84. The van der Waals surface area contributed by atoms with E-state index in [9.17, 15) is 23.2 Å².